The van der Waals surface area contributed by atoms with Crippen LogP contribution in [0.25, 0.3) is 11.3 Å². The highest BCUT2D eigenvalue weighted by Crippen LogP contribution is 2.22. The molecular formula is C12H10N2O2S. The van der Waals surface area contributed by atoms with E-state index < -0.39 is 5.97 Å². The molecule has 17 heavy (non-hydrogen) atoms. The van der Waals surface area contributed by atoms with E-state index >= 15 is 0 Å². The lowest BCUT2D eigenvalue weighted by molar-refractivity contribution is 0.0697. The minimum atomic E-state index is -0.954. The fourth-order valence-corrected chi connectivity index (χ4v) is 1.84. The molecule has 5 heteroatoms. The van der Waals surface area contributed by atoms with Gasteiger partial charge in [0, 0.05) is 11.8 Å². The van der Waals surface area contributed by atoms with Gasteiger partial charge in [0.05, 0.1) is 11.3 Å². The molecule has 0 radical (unpaired) electrons. The number of carboxylic acid groups (broad SMARTS) is 1. The van der Waals surface area contributed by atoms with Crippen molar-refractivity contribution < 1.29 is 9.90 Å². The third-order valence-electron chi connectivity index (χ3n) is 2.25. The van der Waals surface area contributed by atoms with Gasteiger partial charge in [-0.3, -0.25) is 0 Å². The maximum Gasteiger partial charge on any atom is 0.336 e. The standard InChI is InChI=1S/C12H10N2O2S/c1-17-12-13-7-6-10(14-12)8-4-2-3-5-9(8)11(15)16/h2-7H,1H3,(H,15,16). The van der Waals surface area contributed by atoms with Gasteiger partial charge in [-0.15, -0.1) is 0 Å². The fourth-order valence-electron chi connectivity index (χ4n) is 1.48. The van der Waals surface area contributed by atoms with E-state index in [2.05, 4.69) is 9.97 Å². The first-order valence-corrected chi connectivity index (χ1v) is 6.14. The lowest BCUT2D eigenvalue weighted by Gasteiger charge is -2.05. The number of nitrogens with zero attached hydrogens (tertiary/aromatic N) is 2. The summed E-state index contributed by atoms with van der Waals surface area (Å²) in [6.45, 7) is 0. The molecule has 0 bridgehead atoms. The molecule has 0 aliphatic rings. The number of thioether (sulfide) groups is 1. The number of hydrogen-bond acceptors (Lipinski definition) is 4. The molecule has 1 heterocycles. The quantitative estimate of drug-likeness (QED) is 0.666. The van der Waals surface area contributed by atoms with Crippen molar-refractivity contribution in [3.63, 3.8) is 0 Å². The number of hydrogen-bond donors (Lipinski definition) is 1. The van der Waals surface area contributed by atoms with Crippen molar-refractivity contribution in [1.82, 2.24) is 9.97 Å². The van der Waals surface area contributed by atoms with Crippen LogP contribution in [0.3, 0.4) is 0 Å². The molecule has 0 aliphatic heterocycles. The Morgan fingerprint density at radius 3 is 2.76 bits per heavy atom. The summed E-state index contributed by atoms with van der Waals surface area (Å²) in [6, 6.07) is 8.52. The Kier molecular flexibility index (Phi) is 3.39. The zero-order valence-corrected chi connectivity index (χ0v) is 9.94. The predicted octanol–water partition coefficient (Wildman–Crippen LogP) is 2.56. The molecule has 0 fully saturated rings. The summed E-state index contributed by atoms with van der Waals surface area (Å²) in [5.41, 5.74) is 1.48. The Balaban J connectivity index is 2.56. The second-order valence-electron chi connectivity index (χ2n) is 3.28. The van der Waals surface area contributed by atoms with E-state index in [1.165, 1.54) is 11.8 Å². The molecule has 0 aliphatic carbocycles. The fraction of sp³-hybridized carbons (Fsp3) is 0.0833. The molecule has 0 unspecified atom stereocenters. The summed E-state index contributed by atoms with van der Waals surface area (Å²) >= 11 is 1.42. The van der Waals surface area contributed by atoms with Gasteiger partial charge < -0.3 is 5.11 Å². The van der Waals surface area contributed by atoms with Crippen LogP contribution in [0.1, 0.15) is 10.4 Å². The summed E-state index contributed by atoms with van der Waals surface area (Å²) in [7, 11) is 0. The lowest BCUT2D eigenvalue weighted by atomic mass is 10.0. The van der Waals surface area contributed by atoms with Crippen molar-refractivity contribution in [2.24, 2.45) is 0 Å². The highest BCUT2D eigenvalue weighted by molar-refractivity contribution is 7.98. The average molecular weight is 246 g/mol. The molecule has 86 valence electrons. The Morgan fingerprint density at radius 2 is 2.06 bits per heavy atom. The molecule has 1 aromatic carbocycles. The van der Waals surface area contributed by atoms with Crippen molar-refractivity contribution in [2.45, 2.75) is 5.16 Å². The van der Waals surface area contributed by atoms with E-state index in [4.69, 9.17) is 5.11 Å². The van der Waals surface area contributed by atoms with Crippen LogP contribution in [0, 0.1) is 0 Å². The van der Waals surface area contributed by atoms with Crippen molar-refractivity contribution >= 4 is 17.7 Å². The predicted molar refractivity (Wildman–Crippen MR) is 66.2 cm³/mol. The summed E-state index contributed by atoms with van der Waals surface area (Å²) in [5.74, 6) is -0.954. The highest BCUT2D eigenvalue weighted by Gasteiger charge is 2.12. The molecule has 0 atom stereocenters. The van der Waals surface area contributed by atoms with Crippen molar-refractivity contribution in [3.05, 3.63) is 42.1 Å². The number of aromatic carboxylic acids is 1. The first-order valence-electron chi connectivity index (χ1n) is 4.92. The van der Waals surface area contributed by atoms with Crippen LogP contribution in [-0.4, -0.2) is 27.3 Å². The number of benzene rings is 1. The summed E-state index contributed by atoms with van der Waals surface area (Å²) in [4.78, 5) is 19.5. The van der Waals surface area contributed by atoms with Gasteiger partial charge in [0.15, 0.2) is 5.16 Å². The highest BCUT2D eigenvalue weighted by atomic mass is 32.2. The molecule has 0 amide bonds. The van der Waals surface area contributed by atoms with Gasteiger partial charge in [-0.25, -0.2) is 14.8 Å². The van der Waals surface area contributed by atoms with E-state index in [-0.39, 0.29) is 5.56 Å². The molecule has 1 N–H and O–H groups in total. The maximum absolute atomic E-state index is 11.1. The van der Waals surface area contributed by atoms with Gasteiger partial charge in [-0.05, 0) is 18.4 Å². The number of carbonyl (C=O) groups is 1. The van der Waals surface area contributed by atoms with Gasteiger partial charge in [0.1, 0.15) is 0 Å². The van der Waals surface area contributed by atoms with E-state index in [0.717, 1.165) is 0 Å². The van der Waals surface area contributed by atoms with Gasteiger partial charge >= 0.3 is 5.97 Å². The van der Waals surface area contributed by atoms with Gasteiger partial charge in [0.2, 0.25) is 0 Å². The largest absolute Gasteiger partial charge is 0.478 e. The molecule has 0 saturated heterocycles. The first kappa shape index (κ1) is 11.6. The van der Waals surface area contributed by atoms with Crippen LogP contribution < -0.4 is 0 Å². The monoisotopic (exact) mass is 246 g/mol. The Hall–Kier alpha value is -1.88. The zero-order chi connectivity index (χ0) is 12.3. The third kappa shape index (κ3) is 2.45. The Labute approximate surface area is 103 Å². The van der Waals surface area contributed by atoms with E-state index in [1.54, 1.807) is 36.5 Å². The number of aromatic nitrogens is 2. The summed E-state index contributed by atoms with van der Waals surface area (Å²) < 4.78 is 0. The smallest absolute Gasteiger partial charge is 0.336 e. The van der Waals surface area contributed by atoms with Crippen LogP contribution in [-0.2, 0) is 0 Å². The average Bonchev–Trinajstić information content (AvgIpc) is 2.39. The number of rotatable bonds is 3. The van der Waals surface area contributed by atoms with Gasteiger partial charge in [-0.1, -0.05) is 30.0 Å². The van der Waals surface area contributed by atoms with Gasteiger partial charge in [-0.2, -0.15) is 0 Å². The van der Waals surface area contributed by atoms with E-state index in [0.29, 0.717) is 16.4 Å². The molecule has 1 aromatic heterocycles. The second-order valence-corrected chi connectivity index (χ2v) is 4.05. The summed E-state index contributed by atoms with van der Waals surface area (Å²) in [5, 5.41) is 9.73. The van der Waals surface area contributed by atoms with Crippen LogP contribution >= 0.6 is 11.8 Å². The van der Waals surface area contributed by atoms with Crippen LogP contribution in [0.4, 0.5) is 0 Å². The van der Waals surface area contributed by atoms with Crippen LogP contribution in [0.15, 0.2) is 41.7 Å². The lowest BCUT2D eigenvalue weighted by Crippen LogP contribution is -2.00. The van der Waals surface area contributed by atoms with Gasteiger partial charge in [0.25, 0.3) is 0 Å². The first-order chi connectivity index (χ1) is 8.22. The maximum atomic E-state index is 11.1. The minimum Gasteiger partial charge on any atom is -0.478 e. The van der Waals surface area contributed by atoms with Crippen molar-refractivity contribution in [2.75, 3.05) is 6.26 Å². The SMILES string of the molecule is CSc1nccc(-c2ccccc2C(=O)O)n1. The molecular weight excluding hydrogens is 236 g/mol. The van der Waals surface area contributed by atoms with Crippen molar-refractivity contribution in [3.8, 4) is 11.3 Å². The Bertz CT molecular complexity index is 558. The van der Waals surface area contributed by atoms with Crippen LogP contribution in [0.5, 0.6) is 0 Å². The van der Waals surface area contributed by atoms with Crippen LogP contribution in [0.2, 0.25) is 0 Å². The molecule has 4 nitrogen and oxygen atoms in total. The van der Waals surface area contributed by atoms with E-state index in [1.807, 2.05) is 6.26 Å². The summed E-state index contributed by atoms with van der Waals surface area (Å²) in [6.07, 6.45) is 3.51. The molecule has 2 aromatic rings. The molecule has 0 saturated carbocycles. The van der Waals surface area contributed by atoms with Crippen molar-refractivity contribution in [1.29, 1.82) is 0 Å². The zero-order valence-electron chi connectivity index (χ0n) is 9.12. The van der Waals surface area contributed by atoms with E-state index in [9.17, 15) is 4.79 Å². The topological polar surface area (TPSA) is 63.1 Å². The second kappa shape index (κ2) is 4.97. The molecule has 0 spiro atoms. The normalized spacial score (nSPS) is 10.2. The molecule has 2 rings (SSSR count). The minimum absolute atomic E-state index is 0.248. The number of carboxylic acids is 1. The Morgan fingerprint density at radius 1 is 1.29 bits per heavy atom. The third-order valence-corrected chi connectivity index (χ3v) is 2.81.